The fraction of sp³-hybridized carbons (Fsp3) is 0.667. The molecule has 1 amide bonds. The highest BCUT2D eigenvalue weighted by molar-refractivity contribution is 6.74. The zero-order valence-electron chi connectivity index (χ0n) is 17.1. The molecule has 3 nitrogen and oxygen atoms in total. The van der Waals surface area contributed by atoms with Crippen LogP contribution in [-0.4, -0.2) is 26.9 Å². The number of hydrogen-bond acceptors (Lipinski definition) is 2. The van der Waals surface area contributed by atoms with Gasteiger partial charge in [0.05, 0.1) is 16.1 Å². The molecule has 1 spiro atoms. The number of halogens is 2. The Morgan fingerprint density at radius 1 is 1.22 bits per heavy atom. The quantitative estimate of drug-likeness (QED) is 0.557. The minimum absolute atomic E-state index is 0.141. The van der Waals surface area contributed by atoms with E-state index in [1.165, 1.54) is 12.1 Å². The van der Waals surface area contributed by atoms with Crippen LogP contribution in [0.25, 0.3) is 0 Å². The first-order valence-electron chi connectivity index (χ1n) is 9.90. The number of hydrogen-bond donors (Lipinski definition) is 0. The van der Waals surface area contributed by atoms with Gasteiger partial charge in [0.2, 0.25) is 5.91 Å². The molecule has 6 heteroatoms. The third-order valence-electron chi connectivity index (χ3n) is 6.87. The number of nitrogens with zero attached hydrogens (tertiary/aromatic N) is 1. The van der Waals surface area contributed by atoms with Gasteiger partial charge >= 0.3 is 0 Å². The van der Waals surface area contributed by atoms with Gasteiger partial charge in [-0.05, 0) is 68.4 Å². The van der Waals surface area contributed by atoms with Crippen molar-refractivity contribution in [1.29, 1.82) is 0 Å². The Hall–Kier alpha value is -0.913. The maximum absolute atomic E-state index is 13.3. The second-order valence-electron chi connectivity index (χ2n) is 9.66. The molecule has 0 aromatic heterocycles. The van der Waals surface area contributed by atoms with Crippen LogP contribution in [0.15, 0.2) is 18.2 Å². The van der Waals surface area contributed by atoms with Crippen LogP contribution in [0.1, 0.15) is 52.9 Å². The standard InChI is InChI=1S/C21H31ClFNO2Si/c1-20(2,3)27(4,5)26-16-8-10-21(11-9-16)12-13-24(19(21)25)18-7-6-15(23)14-17(18)22/h6-7,14,16H,8-13H2,1-5H3. The summed E-state index contributed by atoms with van der Waals surface area (Å²) in [6.07, 6.45) is 4.69. The zero-order chi connectivity index (χ0) is 20.0. The minimum atomic E-state index is -1.79. The summed E-state index contributed by atoms with van der Waals surface area (Å²) in [7, 11) is -1.79. The van der Waals surface area contributed by atoms with Crippen LogP contribution in [0.4, 0.5) is 10.1 Å². The van der Waals surface area contributed by atoms with Gasteiger partial charge in [0.25, 0.3) is 0 Å². The van der Waals surface area contributed by atoms with Crippen LogP contribution in [0, 0.1) is 11.2 Å². The van der Waals surface area contributed by atoms with Crippen LogP contribution in [0.5, 0.6) is 0 Å². The van der Waals surface area contributed by atoms with Gasteiger partial charge in [-0.15, -0.1) is 0 Å². The molecule has 1 heterocycles. The molecule has 27 heavy (non-hydrogen) atoms. The maximum atomic E-state index is 13.3. The lowest BCUT2D eigenvalue weighted by Crippen LogP contribution is -2.46. The SMILES string of the molecule is CC(C)(C)[Si](C)(C)OC1CCC2(CC1)CCN(c1ccc(F)cc1Cl)C2=O. The van der Waals surface area contributed by atoms with E-state index < -0.39 is 8.32 Å². The molecule has 1 saturated carbocycles. The number of carbonyl (C=O) groups is 1. The van der Waals surface area contributed by atoms with Crippen molar-refractivity contribution in [3.8, 4) is 0 Å². The molecule has 150 valence electrons. The van der Waals surface area contributed by atoms with E-state index in [1.807, 2.05) is 0 Å². The van der Waals surface area contributed by atoms with Crippen molar-refractivity contribution in [2.24, 2.45) is 5.41 Å². The Labute approximate surface area is 168 Å². The smallest absolute Gasteiger partial charge is 0.233 e. The number of rotatable bonds is 3. The van der Waals surface area contributed by atoms with Crippen molar-refractivity contribution in [2.75, 3.05) is 11.4 Å². The Morgan fingerprint density at radius 2 is 1.85 bits per heavy atom. The summed E-state index contributed by atoms with van der Waals surface area (Å²) in [6, 6.07) is 4.25. The lowest BCUT2D eigenvalue weighted by Gasteiger charge is -2.43. The van der Waals surface area contributed by atoms with Crippen molar-refractivity contribution >= 4 is 31.5 Å². The fourth-order valence-electron chi connectivity index (χ4n) is 4.07. The molecule has 1 aromatic rings. The molecule has 2 aliphatic rings. The lowest BCUT2D eigenvalue weighted by atomic mass is 9.72. The first kappa shape index (κ1) is 20.8. The van der Waals surface area contributed by atoms with E-state index in [0.29, 0.717) is 17.3 Å². The van der Waals surface area contributed by atoms with Crippen molar-refractivity contribution in [3.05, 3.63) is 29.0 Å². The number of amides is 1. The molecule has 2 fully saturated rings. The van der Waals surface area contributed by atoms with E-state index in [2.05, 4.69) is 33.9 Å². The van der Waals surface area contributed by atoms with Gasteiger partial charge in [-0.2, -0.15) is 0 Å². The molecule has 3 rings (SSSR count). The van der Waals surface area contributed by atoms with Gasteiger partial charge in [-0.1, -0.05) is 32.4 Å². The fourth-order valence-corrected chi connectivity index (χ4v) is 5.76. The van der Waals surface area contributed by atoms with Crippen molar-refractivity contribution in [1.82, 2.24) is 0 Å². The van der Waals surface area contributed by atoms with Gasteiger partial charge in [0.15, 0.2) is 8.32 Å². The zero-order valence-corrected chi connectivity index (χ0v) is 18.8. The lowest BCUT2D eigenvalue weighted by molar-refractivity contribution is -0.128. The van der Waals surface area contributed by atoms with Gasteiger partial charge in [0.1, 0.15) is 5.82 Å². The summed E-state index contributed by atoms with van der Waals surface area (Å²) in [6.45, 7) is 12.0. The second-order valence-corrected chi connectivity index (χ2v) is 14.8. The molecular formula is C21H31ClFNO2Si. The topological polar surface area (TPSA) is 29.5 Å². The van der Waals surface area contributed by atoms with Crippen molar-refractivity contribution in [2.45, 2.75) is 77.1 Å². The highest BCUT2D eigenvalue weighted by Crippen LogP contribution is 2.48. The normalized spacial score (nSPS) is 26.9. The summed E-state index contributed by atoms with van der Waals surface area (Å²) < 4.78 is 19.9. The Morgan fingerprint density at radius 3 is 2.41 bits per heavy atom. The summed E-state index contributed by atoms with van der Waals surface area (Å²) in [4.78, 5) is 15.0. The monoisotopic (exact) mass is 411 g/mol. The van der Waals surface area contributed by atoms with E-state index >= 15 is 0 Å². The molecule has 1 aliphatic heterocycles. The number of anilines is 1. The minimum Gasteiger partial charge on any atom is -0.414 e. The van der Waals surface area contributed by atoms with E-state index in [-0.39, 0.29) is 28.3 Å². The van der Waals surface area contributed by atoms with Gasteiger partial charge < -0.3 is 9.33 Å². The third kappa shape index (κ3) is 3.96. The number of benzene rings is 1. The first-order chi connectivity index (χ1) is 12.5. The van der Waals surface area contributed by atoms with Crippen molar-refractivity contribution < 1.29 is 13.6 Å². The average molecular weight is 412 g/mol. The molecule has 0 N–H and O–H groups in total. The molecular weight excluding hydrogens is 381 g/mol. The second kappa shape index (κ2) is 7.16. The summed E-state index contributed by atoms with van der Waals surface area (Å²) in [5.74, 6) is -0.241. The van der Waals surface area contributed by atoms with Crippen LogP contribution in [0.2, 0.25) is 23.2 Å². The number of carbonyl (C=O) groups excluding carboxylic acids is 1. The predicted molar refractivity (Wildman–Crippen MR) is 111 cm³/mol. The molecule has 1 aromatic carbocycles. The van der Waals surface area contributed by atoms with Crippen LogP contribution < -0.4 is 4.90 Å². The molecule has 0 bridgehead atoms. The summed E-state index contributed by atoms with van der Waals surface area (Å²) in [5.41, 5.74) is 0.324. The van der Waals surface area contributed by atoms with E-state index in [0.717, 1.165) is 32.1 Å². The van der Waals surface area contributed by atoms with Crippen molar-refractivity contribution in [3.63, 3.8) is 0 Å². The first-order valence-corrected chi connectivity index (χ1v) is 13.2. The summed E-state index contributed by atoms with van der Waals surface area (Å²) in [5, 5.41) is 0.497. The largest absolute Gasteiger partial charge is 0.414 e. The van der Waals surface area contributed by atoms with Crippen LogP contribution in [-0.2, 0) is 9.22 Å². The average Bonchev–Trinajstić information content (AvgIpc) is 2.86. The van der Waals surface area contributed by atoms with E-state index in [1.54, 1.807) is 11.0 Å². The van der Waals surface area contributed by atoms with E-state index in [9.17, 15) is 9.18 Å². The van der Waals surface area contributed by atoms with Gasteiger partial charge in [-0.3, -0.25) is 4.79 Å². The summed E-state index contributed by atoms with van der Waals surface area (Å²) >= 11 is 6.19. The molecule has 1 saturated heterocycles. The van der Waals surface area contributed by atoms with E-state index in [4.69, 9.17) is 16.0 Å². The third-order valence-corrected chi connectivity index (χ3v) is 11.7. The predicted octanol–water partition coefficient (Wildman–Crippen LogP) is 6.17. The molecule has 0 unspecified atom stereocenters. The molecule has 0 radical (unpaired) electrons. The molecule has 1 aliphatic carbocycles. The molecule has 0 atom stereocenters. The van der Waals surface area contributed by atoms with Crippen LogP contribution in [0.3, 0.4) is 0 Å². The van der Waals surface area contributed by atoms with Gasteiger partial charge in [0, 0.05) is 12.6 Å². The van der Waals surface area contributed by atoms with Crippen LogP contribution >= 0.6 is 11.6 Å². The Kier molecular flexibility index (Phi) is 5.52. The van der Waals surface area contributed by atoms with Gasteiger partial charge in [-0.25, -0.2) is 4.39 Å². The highest BCUT2D eigenvalue weighted by atomic mass is 35.5. The Bertz CT molecular complexity index is 723. The maximum Gasteiger partial charge on any atom is 0.233 e. The highest BCUT2D eigenvalue weighted by Gasteiger charge is 2.50. The Balaban J connectivity index is 1.67.